The number of benzene rings is 1. The van der Waals surface area contributed by atoms with Crippen LogP contribution in [0.2, 0.25) is 0 Å². The first-order chi connectivity index (χ1) is 14.2. The van der Waals surface area contributed by atoms with Gasteiger partial charge in [-0.15, -0.1) is 20.4 Å². The normalized spacial score (nSPS) is 11.0. The van der Waals surface area contributed by atoms with Crippen LogP contribution in [0.15, 0.2) is 53.8 Å². The zero-order valence-corrected chi connectivity index (χ0v) is 16.8. The number of thioether (sulfide) groups is 1. The zero-order chi connectivity index (χ0) is 20.2. The van der Waals surface area contributed by atoms with Crippen LogP contribution in [0.5, 0.6) is 5.75 Å². The summed E-state index contributed by atoms with van der Waals surface area (Å²) in [4.78, 5) is 12.3. The van der Waals surface area contributed by atoms with Gasteiger partial charge in [-0.2, -0.15) is 0 Å². The number of ether oxygens (including phenoxy) is 1. The van der Waals surface area contributed by atoms with E-state index >= 15 is 0 Å². The molecule has 0 saturated heterocycles. The largest absolute Gasteiger partial charge is 0.497 e. The number of pyridine rings is 1. The summed E-state index contributed by atoms with van der Waals surface area (Å²) in [5.74, 6) is 2.29. The molecule has 10 heteroatoms. The number of methoxy groups -OCH3 is 1. The molecule has 1 N–H and O–H groups in total. The van der Waals surface area contributed by atoms with Crippen LogP contribution in [0.1, 0.15) is 11.6 Å². The Kier molecular flexibility index (Phi) is 5.43. The van der Waals surface area contributed by atoms with Crippen molar-refractivity contribution in [1.29, 1.82) is 0 Å². The Labute approximate surface area is 171 Å². The van der Waals surface area contributed by atoms with Gasteiger partial charge in [0.2, 0.25) is 5.91 Å². The van der Waals surface area contributed by atoms with Crippen molar-refractivity contribution in [2.75, 3.05) is 12.9 Å². The Morgan fingerprint density at radius 3 is 2.72 bits per heavy atom. The third kappa shape index (κ3) is 4.06. The third-order valence-electron chi connectivity index (χ3n) is 4.29. The molecule has 0 atom stereocenters. The predicted octanol–water partition coefficient (Wildman–Crippen LogP) is 2.04. The number of carbonyl (C=O) groups excluding carboxylic acids is 1. The van der Waals surface area contributed by atoms with Crippen molar-refractivity contribution in [3.63, 3.8) is 0 Å². The van der Waals surface area contributed by atoms with E-state index in [-0.39, 0.29) is 11.7 Å². The fourth-order valence-electron chi connectivity index (χ4n) is 2.84. The van der Waals surface area contributed by atoms with Gasteiger partial charge < -0.3 is 10.1 Å². The molecule has 3 aromatic heterocycles. The minimum Gasteiger partial charge on any atom is -0.497 e. The van der Waals surface area contributed by atoms with E-state index in [0.29, 0.717) is 17.5 Å². The van der Waals surface area contributed by atoms with Gasteiger partial charge in [-0.25, -0.2) is 0 Å². The first-order valence-corrected chi connectivity index (χ1v) is 9.89. The number of aromatic nitrogens is 6. The summed E-state index contributed by atoms with van der Waals surface area (Å²) >= 11 is 1.32. The minimum absolute atomic E-state index is 0.121. The molecular weight excluding hydrogens is 390 g/mol. The maximum Gasteiger partial charge on any atom is 0.230 e. The van der Waals surface area contributed by atoms with Gasteiger partial charge in [0, 0.05) is 11.9 Å². The fourth-order valence-corrected chi connectivity index (χ4v) is 3.66. The average Bonchev–Trinajstić information content (AvgIpc) is 3.34. The number of nitrogens with one attached hydrogen (secondary N) is 1. The maximum absolute atomic E-state index is 12.3. The van der Waals surface area contributed by atoms with Gasteiger partial charge in [0.1, 0.15) is 11.6 Å². The number of rotatable bonds is 7. The molecule has 29 heavy (non-hydrogen) atoms. The molecule has 1 aromatic carbocycles. The van der Waals surface area contributed by atoms with E-state index in [2.05, 4.69) is 25.7 Å². The summed E-state index contributed by atoms with van der Waals surface area (Å²) in [5, 5.41) is 20.0. The molecule has 0 aliphatic rings. The monoisotopic (exact) mass is 409 g/mol. The molecule has 9 nitrogen and oxygen atoms in total. The van der Waals surface area contributed by atoms with E-state index in [1.807, 2.05) is 64.6 Å². The molecule has 3 heterocycles. The van der Waals surface area contributed by atoms with Gasteiger partial charge in [0.05, 0.1) is 19.4 Å². The molecule has 0 spiro atoms. The zero-order valence-electron chi connectivity index (χ0n) is 15.9. The SMILES string of the molecule is COc1ccc(-n2c(C)nnc2SCC(=O)NCc2nnc3ccccn23)cc1. The summed E-state index contributed by atoms with van der Waals surface area (Å²) in [6.07, 6.45) is 1.87. The summed E-state index contributed by atoms with van der Waals surface area (Å²) in [6.45, 7) is 2.17. The van der Waals surface area contributed by atoms with Crippen LogP contribution in [0, 0.1) is 6.92 Å². The van der Waals surface area contributed by atoms with Crippen molar-refractivity contribution < 1.29 is 9.53 Å². The second-order valence-corrected chi connectivity index (χ2v) is 7.12. The Morgan fingerprint density at radius 1 is 1.10 bits per heavy atom. The van der Waals surface area contributed by atoms with Crippen molar-refractivity contribution in [2.24, 2.45) is 0 Å². The molecule has 148 valence electrons. The van der Waals surface area contributed by atoms with E-state index in [1.54, 1.807) is 7.11 Å². The highest BCUT2D eigenvalue weighted by Crippen LogP contribution is 2.23. The van der Waals surface area contributed by atoms with Crippen molar-refractivity contribution in [3.05, 3.63) is 60.3 Å². The average molecular weight is 409 g/mol. The van der Waals surface area contributed by atoms with Gasteiger partial charge in [-0.05, 0) is 43.3 Å². The van der Waals surface area contributed by atoms with Crippen molar-refractivity contribution in [3.8, 4) is 11.4 Å². The molecule has 1 amide bonds. The minimum atomic E-state index is -0.121. The molecule has 0 unspecified atom stereocenters. The van der Waals surface area contributed by atoms with Gasteiger partial charge >= 0.3 is 0 Å². The first-order valence-electron chi connectivity index (χ1n) is 8.90. The summed E-state index contributed by atoms with van der Waals surface area (Å²) in [5.41, 5.74) is 1.65. The van der Waals surface area contributed by atoms with E-state index < -0.39 is 0 Å². The van der Waals surface area contributed by atoms with Gasteiger partial charge in [-0.1, -0.05) is 17.8 Å². The van der Waals surface area contributed by atoms with Crippen molar-refractivity contribution in [1.82, 2.24) is 34.7 Å². The van der Waals surface area contributed by atoms with Crippen molar-refractivity contribution in [2.45, 2.75) is 18.6 Å². The van der Waals surface area contributed by atoms with Crippen LogP contribution < -0.4 is 10.1 Å². The maximum atomic E-state index is 12.3. The Hall–Kier alpha value is -3.40. The van der Waals surface area contributed by atoms with Crippen LogP contribution in [-0.4, -0.2) is 48.1 Å². The van der Waals surface area contributed by atoms with E-state index in [0.717, 1.165) is 22.9 Å². The number of aryl methyl sites for hydroxylation is 1. The van der Waals surface area contributed by atoms with Gasteiger partial charge in [-0.3, -0.25) is 13.8 Å². The van der Waals surface area contributed by atoms with E-state index in [9.17, 15) is 4.79 Å². The van der Waals surface area contributed by atoms with Gasteiger partial charge in [0.25, 0.3) is 0 Å². The Bertz CT molecular complexity index is 1140. The highest BCUT2D eigenvalue weighted by atomic mass is 32.2. The number of hydrogen-bond acceptors (Lipinski definition) is 7. The van der Waals surface area contributed by atoms with Crippen LogP contribution in [-0.2, 0) is 11.3 Å². The van der Waals surface area contributed by atoms with E-state index in [1.165, 1.54) is 11.8 Å². The third-order valence-corrected chi connectivity index (χ3v) is 5.22. The summed E-state index contributed by atoms with van der Waals surface area (Å²) in [6, 6.07) is 13.3. The standard InChI is InChI=1S/C19H19N7O2S/c1-13-21-24-19(26(13)14-6-8-15(28-2)9-7-14)29-12-18(27)20-11-17-23-22-16-5-3-4-10-25(16)17/h3-10H,11-12H2,1-2H3,(H,20,27). The number of carbonyl (C=O) groups is 1. The molecule has 4 aromatic rings. The topological polar surface area (TPSA) is 99.2 Å². The highest BCUT2D eigenvalue weighted by molar-refractivity contribution is 7.99. The molecule has 0 bridgehead atoms. The van der Waals surface area contributed by atoms with Crippen LogP contribution in [0.4, 0.5) is 0 Å². The number of fused-ring (bicyclic) bond motifs is 1. The number of nitrogens with zero attached hydrogens (tertiary/aromatic N) is 6. The fraction of sp³-hybridized carbons (Fsp3) is 0.211. The first kappa shape index (κ1) is 18.9. The lowest BCUT2D eigenvalue weighted by molar-refractivity contribution is -0.118. The summed E-state index contributed by atoms with van der Waals surface area (Å²) in [7, 11) is 1.63. The number of hydrogen-bond donors (Lipinski definition) is 1. The number of amides is 1. The molecule has 0 radical (unpaired) electrons. The lowest BCUT2D eigenvalue weighted by Gasteiger charge is -2.09. The molecule has 0 aliphatic heterocycles. The van der Waals surface area contributed by atoms with Crippen LogP contribution in [0.25, 0.3) is 11.3 Å². The molecule has 0 fully saturated rings. The molecule has 4 rings (SSSR count). The Morgan fingerprint density at radius 2 is 1.93 bits per heavy atom. The quantitative estimate of drug-likeness (QED) is 0.466. The highest BCUT2D eigenvalue weighted by Gasteiger charge is 2.14. The van der Waals surface area contributed by atoms with Crippen LogP contribution in [0.3, 0.4) is 0 Å². The van der Waals surface area contributed by atoms with Crippen molar-refractivity contribution >= 4 is 23.3 Å². The second kappa shape index (κ2) is 8.31. The predicted molar refractivity (Wildman–Crippen MR) is 108 cm³/mol. The van der Waals surface area contributed by atoms with Crippen LogP contribution >= 0.6 is 11.8 Å². The lowest BCUT2D eigenvalue weighted by atomic mass is 10.3. The summed E-state index contributed by atoms with van der Waals surface area (Å²) < 4.78 is 8.95. The Balaban J connectivity index is 1.39. The second-order valence-electron chi connectivity index (χ2n) is 6.17. The molecule has 0 saturated carbocycles. The van der Waals surface area contributed by atoms with Gasteiger partial charge in [0.15, 0.2) is 16.6 Å². The molecular formula is C19H19N7O2S. The molecule has 0 aliphatic carbocycles. The smallest absolute Gasteiger partial charge is 0.230 e. The van der Waals surface area contributed by atoms with E-state index in [4.69, 9.17) is 4.74 Å². The lowest BCUT2D eigenvalue weighted by Crippen LogP contribution is -2.25.